The van der Waals surface area contributed by atoms with E-state index >= 15 is 0 Å². The van der Waals surface area contributed by atoms with E-state index in [1.54, 1.807) is 0 Å². The first-order valence-electron chi connectivity index (χ1n) is 5.93. The fourth-order valence-electron chi connectivity index (χ4n) is 0.972. The molecule has 5 nitrogen and oxygen atoms in total. The van der Waals surface area contributed by atoms with Crippen molar-refractivity contribution in [3.05, 3.63) is 47.7 Å². The van der Waals surface area contributed by atoms with Crippen LogP contribution < -0.4 is 5.73 Å². The Labute approximate surface area is 118 Å². The van der Waals surface area contributed by atoms with Gasteiger partial charge in [-0.3, -0.25) is 0 Å². The lowest BCUT2D eigenvalue weighted by Crippen LogP contribution is -2.20. The smallest absolute Gasteiger partial charge is 0.414 e. The summed E-state index contributed by atoms with van der Waals surface area (Å²) in [5.41, 5.74) is 9.96. The molecule has 0 fully saturated rings. The van der Waals surface area contributed by atoms with E-state index in [2.05, 4.69) is 31.7 Å². The van der Waals surface area contributed by atoms with Crippen LogP contribution in [0.4, 0.5) is 0 Å². The predicted molar refractivity (Wildman–Crippen MR) is 77.1 cm³/mol. The molecule has 5 heteroatoms. The van der Waals surface area contributed by atoms with Crippen molar-refractivity contribution in [3.8, 4) is 0 Å². The lowest BCUT2D eigenvalue weighted by Gasteiger charge is -2.14. The minimum absolute atomic E-state index is 0.0330. The highest BCUT2D eigenvalue weighted by molar-refractivity contribution is 6.27. The second-order valence-corrected chi connectivity index (χ2v) is 4.67. The van der Waals surface area contributed by atoms with E-state index in [1.165, 1.54) is 0 Å². The van der Waals surface area contributed by atoms with Crippen molar-refractivity contribution in [2.45, 2.75) is 13.8 Å². The van der Waals surface area contributed by atoms with Crippen LogP contribution in [0, 0.1) is 5.41 Å². The maximum atomic E-state index is 9.10. The zero-order valence-corrected chi connectivity index (χ0v) is 11.5. The molecular formula is C15H19NO4. The normalized spacial score (nSPS) is 9.55. The minimum Gasteiger partial charge on any atom is -0.473 e. The zero-order valence-electron chi connectivity index (χ0n) is 11.5. The molecule has 0 bridgehead atoms. The second kappa shape index (κ2) is 8.69. The highest BCUT2D eigenvalue weighted by atomic mass is 16.4. The van der Waals surface area contributed by atoms with Gasteiger partial charge in [-0.05, 0) is 17.7 Å². The molecule has 1 aromatic carbocycles. The third-order valence-electron chi connectivity index (χ3n) is 2.23. The molecule has 0 aromatic heterocycles. The van der Waals surface area contributed by atoms with Crippen LogP contribution in [0.15, 0.2) is 42.1 Å². The third-order valence-corrected chi connectivity index (χ3v) is 2.23. The van der Waals surface area contributed by atoms with Gasteiger partial charge in [-0.2, -0.15) is 0 Å². The Hall–Kier alpha value is -2.36. The van der Waals surface area contributed by atoms with Gasteiger partial charge in [-0.25, -0.2) is 9.59 Å². The Morgan fingerprint density at radius 3 is 2.10 bits per heavy atom. The number of nitrogens with two attached hydrogens (primary N) is 1. The van der Waals surface area contributed by atoms with Crippen LogP contribution in [0.5, 0.6) is 0 Å². The lowest BCUT2D eigenvalue weighted by atomic mass is 9.94. The molecule has 1 rings (SSSR count). The van der Waals surface area contributed by atoms with Crippen molar-refractivity contribution < 1.29 is 19.8 Å². The summed E-state index contributed by atoms with van der Waals surface area (Å²) < 4.78 is 0. The van der Waals surface area contributed by atoms with Crippen molar-refractivity contribution in [2.24, 2.45) is 11.1 Å². The molecule has 0 atom stereocenters. The second-order valence-electron chi connectivity index (χ2n) is 4.67. The molecule has 0 aliphatic heterocycles. The Kier molecular flexibility index (Phi) is 7.67. The Balaban J connectivity index is 0.000000511. The number of carboxylic acids is 2. The van der Waals surface area contributed by atoms with Gasteiger partial charge in [0, 0.05) is 12.0 Å². The fraction of sp³-hybridized carbons (Fsp3) is 0.267. The van der Waals surface area contributed by atoms with E-state index < -0.39 is 11.9 Å². The SMILES string of the molecule is CC(C)(C=C=Cc1ccccc1)CN.O=C(O)C(=O)O. The van der Waals surface area contributed by atoms with Gasteiger partial charge < -0.3 is 15.9 Å². The molecule has 108 valence electrons. The average Bonchev–Trinajstić information content (AvgIpc) is 2.40. The molecule has 0 aliphatic rings. The maximum absolute atomic E-state index is 9.10. The van der Waals surface area contributed by atoms with Gasteiger partial charge >= 0.3 is 11.9 Å². The predicted octanol–water partition coefficient (Wildman–Crippen LogP) is 2.00. The number of benzene rings is 1. The van der Waals surface area contributed by atoms with Gasteiger partial charge in [0.2, 0.25) is 0 Å². The molecule has 4 N–H and O–H groups in total. The summed E-state index contributed by atoms with van der Waals surface area (Å²) in [4.78, 5) is 18.2. The largest absolute Gasteiger partial charge is 0.473 e. The highest BCUT2D eigenvalue weighted by Gasteiger charge is 2.09. The van der Waals surface area contributed by atoms with Gasteiger partial charge in [0.15, 0.2) is 0 Å². The van der Waals surface area contributed by atoms with Gasteiger partial charge in [-0.15, -0.1) is 5.73 Å². The van der Waals surface area contributed by atoms with Crippen molar-refractivity contribution >= 4 is 18.0 Å². The van der Waals surface area contributed by atoms with Gasteiger partial charge in [0.1, 0.15) is 0 Å². The Morgan fingerprint density at radius 1 is 1.20 bits per heavy atom. The molecule has 0 amide bonds. The summed E-state index contributed by atoms with van der Waals surface area (Å²) in [7, 11) is 0. The number of hydrogen-bond donors (Lipinski definition) is 3. The maximum Gasteiger partial charge on any atom is 0.414 e. The average molecular weight is 277 g/mol. The standard InChI is InChI=1S/C13H17N.C2H2O4/c1-13(2,11-14)10-6-9-12-7-4-3-5-8-12;3-1(4)2(5)6/h3-5,7-10H,11,14H2,1-2H3;(H,3,4)(H,5,6). The van der Waals surface area contributed by atoms with Crippen LogP contribution in [0.3, 0.4) is 0 Å². The van der Waals surface area contributed by atoms with E-state index in [-0.39, 0.29) is 5.41 Å². The summed E-state index contributed by atoms with van der Waals surface area (Å²) >= 11 is 0. The molecule has 20 heavy (non-hydrogen) atoms. The van der Waals surface area contributed by atoms with Crippen LogP contribution in [-0.2, 0) is 9.59 Å². The van der Waals surface area contributed by atoms with E-state index in [1.807, 2.05) is 30.4 Å². The molecule has 0 spiro atoms. The van der Waals surface area contributed by atoms with Crippen molar-refractivity contribution in [1.82, 2.24) is 0 Å². The number of aliphatic carboxylic acids is 2. The van der Waals surface area contributed by atoms with Crippen molar-refractivity contribution in [1.29, 1.82) is 0 Å². The minimum atomic E-state index is -1.82. The first kappa shape index (κ1) is 17.6. The Morgan fingerprint density at radius 2 is 1.70 bits per heavy atom. The topological polar surface area (TPSA) is 101 Å². The van der Waals surface area contributed by atoms with Crippen LogP contribution >= 0.6 is 0 Å². The molecule has 0 unspecified atom stereocenters. The van der Waals surface area contributed by atoms with E-state index in [0.29, 0.717) is 6.54 Å². The van der Waals surface area contributed by atoms with Crippen LogP contribution in [0.1, 0.15) is 19.4 Å². The lowest BCUT2D eigenvalue weighted by molar-refractivity contribution is -0.159. The fourth-order valence-corrected chi connectivity index (χ4v) is 0.972. The molecule has 0 saturated carbocycles. The summed E-state index contributed by atoms with van der Waals surface area (Å²) in [6.07, 6.45) is 3.98. The number of carboxylic acid groups (broad SMARTS) is 2. The van der Waals surface area contributed by atoms with Gasteiger partial charge in [-0.1, -0.05) is 44.2 Å². The monoisotopic (exact) mass is 277 g/mol. The van der Waals surface area contributed by atoms with Crippen molar-refractivity contribution in [3.63, 3.8) is 0 Å². The van der Waals surface area contributed by atoms with Crippen LogP contribution in [0.2, 0.25) is 0 Å². The van der Waals surface area contributed by atoms with E-state index in [9.17, 15) is 0 Å². The third kappa shape index (κ3) is 8.69. The van der Waals surface area contributed by atoms with Crippen LogP contribution in [-0.4, -0.2) is 28.7 Å². The first-order valence-corrected chi connectivity index (χ1v) is 5.93. The quantitative estimate of drug-likeness (QED) is 0.579. The van der Waals surface area contributed by atoms with E-state index in [4.69, 9.17) is 25.5 Å². The summed E-state index contributed by atoms with van der Waals surface area (Å²) in [6.45, 7) is 4.83. The summed E-state index contributed by atoms with van der Waals surface area (Å²) in [5, 5.41) is 14.8. The number of carbonyl (C=O) groups is 2. The molecule has 0 aliphatic carbocycles. The molecule has 0 radical (unpaired) electrons. The van der Waals surface area contributed by atoms with Gasteiger partial charge in [0.05, 0.1) is 0 Å². The number of rotatable bonds is 3. The summed E-state index contributed by atoms with van der Waals surface area (Å²) in [5.74, 6) is -3.65. The first-order chi connectivity index (χ1) is 9.28. The van der Waals surface area contributed by atoms with Gasteiger partial charge in [0.25, 0.3) is 0 Å². The zero-order chi connectivity index (χ0) is 15.6. The summed E-state index contributed by atoms with van der Waals surface area (Å²) in [6, 6.07) is 10.1. The highest BCUT2D eigenvalue weighted by Crippen LogP contribution is 2.13. The van der Waals surface area contributed by atoms with Crippen LogP contribution in [0.25, 0.3) is 6.08 Å². The molecular weight excluding hydrogens is 258 g/mol. The number of hydrogen-bond acceptors (Lipinski definition) is 3. The van der Waals surface area contributed by atoms with Crippen molar-refractivity contribution in [2.75, 3.05) is 6.54 Å². The molecule has 0 saturated heterocycles. The van der Waals surface area contributed by atoms with E-state index in [0.717, 1.165) is 5.56 Å². The molecule has 1 aromatic rings. The Bertz CT molecular complexity index is 488. The molecule has 0 heterocycles.